The normalized spacial score (nSPS) is 18.6. The third kappa shape index (κ3) is 2.13. The topological polar surface area (TPSA) is 47.1 Å². The molecule has 1 aromatic carbocycles. The number of para-hydroxylation sites is 2. The summed E-state index contributed by atoms with van der Waals surface area (Å²) in [6, 6.07) is 8.69. The van der Waals surface area contributed by atoms with Crippen molar-refractivity contribution in [3.8, 4) is 0 Å². The van der Waals surface area contributed by atoms with Crippen LogP contribution in [-0.2, 0) is 13.6 Å². The van der Waals surface area contributed by atoms with E-state index in [1.165, 1.54) is 5.52 Å². The molecule has 1 aliphatic rings. The van der Waals surface area contributed by atoms with Gasteiger partial charge in [-0.2, -0.15) is 0 Å². The van der Waals surface area contributed by atoms with E-state index in [0.29, 0.717) is 6.04 Å². The highest BCUT2D eigenvalue weighted by molar-refractivity contribution is 5.75. The summed E-state index contributed by atoms with van der Waals surface area (Å²) in [5, 5.41) is 0. The standard InChI is InChI=1S/C14H20N4/c1-17-13-5-3-2-4-12(13)16-14(17)10-18-8-6-11(15)7-9-18/h2-5,11H,6-10,15H2,1H3. The number of nitrogens with zero attached hydrogens (tertiary/aromatic N) is 3. The van der Waals surface area contributed by atoms with Crippen LogP contribution in [0.5, 0.6) is 0 Å². The van der Waals surface area contributed by atoms with E-state index >= 15 is 0 Å². The van der Waals surface area contributed by atoms with Crippen LogP contribution in [0.4, 0.5) is 0 Å². The number of hydrogen-bond acceptors (Lipinski definition) is 3. The Bertz CT molecular complexity index is 538. The molecule has 0 atom stereocenters. The van der Waals surface area contributed by atoms with E-state index < -0.39 is 0 Å². The second-order valence-corrected chi connectivity index (χ2v) is 5.19. The Morgan fingerprint density at radius 3 is 2.72 bits per heavy atom. The third-order valence-corrected chi connectivity index (χ3v) is 3.88. The lowest BCUT2D eigenvalue weighted by Gasteiger charge is -2.29. The zero-order chi connectivity index (χ0) is 12.5. The second kappa shape index (κ2) is 4.71. The average molecular weight is 244 g/mol. The fourth-order valence-corrected chi connectivity index (χ4v) is 2.65. The predicted molar refractivity (Wildman–Crippen MR) is 73.2 cm³/mol. The van der Waals surface area contributed by atoms with Gasteiger partial charge in [-0.15, -0.1) is 0 Å². The molecule has 96 valence electrons. The Hall–Kier alpha value is -1.39. The van der Waals surface area contributed by atoms with Gasteiger partial charge < -0.3 is 10.3 Å². The van der Waals surface area contributed by atoms with Crippen LogP contribution in [0, 0.1) is 0 Å². The molecule has 0 spiro atoms. The molecule has 2 heterocycles. The smallest absolute Gasteiger partial charge is 0.123 e. The quantitative estimate of drug-likeness (QED) is 0.871. The van der Waals surface area contributed by atoms with Gasteiger partial charge in [0.15, 0.2) is 0 Å². The zero-order valence-corrected chi connectivity index (χ0v) is 10.8. The SMILES string of the molecule is Cn1c(CN2CCC(N)CC2)nc2ccccc21. The molecule has 0 radical (unpaired) electrons. The van der Waals surface area contributed by atoms with Crippen molar-refractivity contribution in [2.45, 2.75) is 25.4 Å². The van der Waals surface area contributed by atoms with Crippen molar-refractivity contribution in [1.29, 1.82) is 0 Å². The second-order valence-electron chi connectivity index (χ2n) is 5.19. The van der Waals surface area contributed by atoms with Crippen molar-refractivity contribution in [2.75, 3.05) is 13.1 Å². The fourth-order valence-electron chi connectivity index (χ4n) is 2.65. The highest BCUT2D eigenvalue weighted by Crippen LogP contribution is 2.17. The summed E-state index contributed by atoms with van der Waals surface area (Å²) in [5.74, 6) is 1.15. The minimum absolute atomic E-state index is 0.390. The van der Waals surface area contributed by atoms with Gasteiger partial charge in [0.2, 0.25) is 0 Å². The first-order valence-corrected chi connectivity index (χ1v) is 6.62. The number of likely N-dealkylation sites (tertiary alicyclic amines) is 1. The molecule has 0 aliphatic carbocycles. The average Bonchev–Trinajstić information content (AvgIpc) is 2.70. The molecule has 0 amide bonds. The van der Waals surface area contributed by atoms with Crippen LogP contribution in [-0.4, -0.2) is 33.6 Å². The molecule has 1 fully saturated rings. The number of imidazole rings is 1. The molecule has 1 saturated heterocycles. The number of nitrogens with two attached hydrogens (primary N) is 1. The highest BCUT2D eigenvalue weighted by atomic mass is 15.2. The predicted octanol–water partition coefficient (Wildman–Crippen LogP) is 1.50. The molecule has 1 aliphatic heterocycles. The van der Waals surface area contributed by atoms with Crippen molar-refractivity contribution in [3.05, 3.63) is 30.1 Å². The van der Waals surface area contributed by atoms with E-state index in [1.54, 1.807) is 0 Å². The lowest BCUT2D eigenvalue weighted by molar-refractivity contribution is 0.200. The number of hydrogen-bond donors (Lipinski definition) is 1. The van der Waals surface area contributed by atoms with Crippen LogP contribution >= 0.6 is 0 Å². The maximum Gasteiger partial charge on any atom is 0.123 e. The van der Waals surface area contributed by atoms with Gasteiger partial charge in [-0.3, -0.25) is 4.90 Å². The van der Waals surface area contributed by atoms with Gasteiger partial charge in [-0.05, 0) is 25.0 Å². The summed E-state index contributed by atoms with van der Waals surface area (Å²) in [6.45, 7) is 3.10. The Morgan fingerprint density at radius 2 is 2.00 bits per heavy atom. The number of aromatic nitrogens is 2. The molecule has 1 aromatic heterocycles. The molecule has 4 nitrogen and oxygen atoms in total. The molecule has 0 bridgehead atoms. The monoisotopic (exact) mass is 244 g/mol. The first-order valence-electron chi connectivity index (χ1n) is 6.62. The highest BCUT2D eigenvalue weighted by Gasteiger charge is 2.18. The molecular weight excluding hydrogens is 224 g/mol. The van der Waals surface area contributed by atoms with E-state index in [4.69, 9.17) is 10.7 Å². The van der Waals surface area contributed by atoms with Crippen molar-refractivity contribution >= 4 is 11.0 Å². The van der Waals surface area contributed by atoms with Gasteiger partial charge in [-0.1, -0.05) is 12.1 Å². The fraction of sp³-hybridized carbons (Fsp3) is 0.500. The minimum atomic E-state index is 0.390. The Labute approximate surface area is 107 Å². The molecule has 2 aromatic rings. The molecular formula is C14H20N4. The van der Waals surface area contributed by atoms with E-state index in [9.17, 15) is 0 Å². The summed E-state index contributed by atoms with van der Waals surface area (Å²) < 4.78 is 2.20. The number of rotatable bonds is 2. The van der Waals surface area contributed by atoms with Crippen molar-refractivity contribution in [2.24, 2.45) is 12.8 Å². The van der Waals surface area contributed by atoms with E-state index in [-0.39, 0.29) is 0 Å². The van der Waals surface area contributed by atoms with E-state index in [2.05, 4.69) is 34.7 Å². The van der Waals surface area contributed by atoms with Crippen molar-refractivity contribution < 1.29 is 0 Å². The van der Waals surface area contributed by atoms with Crippen LogP contribution in [0.15, 0.2) is 24.3 Å². The van der Waals surface area contributed by atoms with Crippen LogP contribution in [0.1, 0.15) is 18.7 Å². The Morgan fingerprint density at radius 1 is 1.28 bits per heavy atom. The lowest BCUT2D eigenvalue weighted by Crippen LogP contribution is -2.39. The largest absolute Gasteiger partial charge is 0.330 e. The number of fused-ring (bicyclic) bond motifs is 1. The van der Waals surface area contributed by atoms with Gasteiger partial charge in [0.25, 0.3) is 0 Å². The van der Waals surface area contributed by atoms with E-state index in [1.807, 2.05) is 6.07 Å². The molecule has 3 rings (SSSR count). The molecule has 2 N–H and O–H groups in total. The lowest BCUT2D eigenvalue weighted by atomic mass is 10.1. The third-order valence-electron chi connectivity index (χ3n) is 3.88. The molecule has 4 heteroatoms. The maximum atomic E-state index is 5.93. The summed E-state index contributed by atoms with van der Waals surface area (Å²) in [6.07, 6.45) is 2.20. The van der Waals surface area contributed by atoms with Crippen LogP contribution < -0.4 is 5.73 Å². The summed E-state index contributed by atoms with van der Waals surface area (Å²) in [4.78, 5) is 7.16. The van der Waals surface area contributed by atoms with Crippen LogP contribution in [0.2, 0.25) is 0 Å². The molecule has 18 heavy (non-hydrogen) atoms. The number of benzene rings is 1. The van der Waals surface area contributed by atoms with Gasteiger partial charge in [0.05, 0.1) is 17.6 Å². The van der Waals surface area contributed by atoms with Gasteiger partial charge >= 0.3 is 0 Å². The Kier molecular flexibility index (Phi) is 3.06. The van der Waals surface area contributed by atoms with Crippen LogP contribution in [0.25, 0.3) is 11.0 Å². The molecule has 0 unspecified atom stereocenters. The number of aryl methyl sites for hydroxylation is 1. The zero-order valence-electron chi connectivity index (χ0n) is 10.8. The van der Waals surface area contributed by atoms with Crippen molar-refractivity contribution in [3.63, 3.8) is 0 Å². The summed E-state index contributed by atoms with van der Waals surface area (Å²) in [5.41, 5.74) is 8.23. The maximum absolute atomic E-state index is 5.93. The first-order chi connectivity index (χ1) is 8.74. The van der Waals surface area contributed by atoms with Crippen LogP contribution in [0.3, 0.4) is 0 Å². The van der Waals surface area contributed by atoms with Gasteiger partial charge in [-0.25, -0.2) is 4.98 Å². The Balaban J connectivity index is 1.80. The minimum Gasteiger partial charge on any atom is -0.330 e. The van der Waals surface area contributed by atoms with Gasteiger partial charge in [0.1, 0.15) is 5.82 Å². The summed E-state index contributed by atoms with van der Waals surface area (Å²) >= 11 is 0. The van der Waals surface area contributed by atoms with E-state index in [0.717, 1.165) is 43.8 Å². The summed E-state index contributed by atoms with van der Waals surface area (Å²) in [7, 11) is 2.10. The van der Waals surface area contributed by atoms with Gasteiger partial charge in [0, 0.05) is 26.2 Å². The number of piperidine rings is 1. The van der Waals surface area contributed by atoms with Crippen molar-refractivity contribution in [1.82, 2.24) is 14.5 Å². The molecule has 0 saturated carbocycles. The first kappa shape index (κ1) is 11.7.